The Balaban J connectivity index is 1.55. The van der Waals surface area contributed by atoms with Gasteiger partial charge in [-0.25, -0.2) is 4.98 Å². The average molecular weight is 481 g/mol. The Morgan fingerprint density at radius 3 is 2.50 bits per heavy atom. The van der Waals surface area contributed by atoms with E-state index in [1.807, 2.05) is 35.7 Å². The lowest BCUT2D eigenvalue weighted by atomic mass is 10.0. The Morgan fingerprint density at radius 1 is 1.09 bits per heavy atom. The molecule has 8 heteroatoms. The third kappa shape index (κ3) is 5.43. The molecule has 0 spiro atoms. The molecule has 0 aliphatic carbocycles. The minimum Gasteiger partial charge on any atom is -0.311 e. The first kappa shape index (κ1) is 22.2. The van der Waals surface area contributed by atoms with Gasteiger partial charge in [-0.05, 0) is 40.6 Å². The zero-order valence-electron chi connectivity index (χ0n) is 17.5. The molecule has 0 saturated carbocycles. The summed E-state index contributed by atoms with van der Waals surface area (Å²) in [6.45, 7) is 4.33. The number of rotatable bonds is 7. The van der Waals surface area contributed by atoms with E-state index in [1.54, 1.807) is 24.4 Å². The smallest absolute Gasteiger partial charge is 0.266 e. The summed E-state index contributed by atoms with van der Waals surface area (Å²) in [5.41, 5.74) is 6.77. The van der Waals surface area contributed by atoms with Gasteiger partial charge in [-0.2, -0.15) is 5.10 Å². The molecular formula is C24H21ClN4OS2. The van der Waals surface area contributed by atoms with Crippen LogP contribution in [0.4, 0.5) is 10.1 Å². The van der Waals surface area contributed by atoms with E-state index in [0.717, 1.165) is 11.1 Å². The normalized spacial score (nSPS) is 11.2. The van der Waals surface area contributed by atoms with Gasteiger partial charge in [-0.3, -0.25) is 10.2 Å². The van der Waals surface area contributed by atoms with Crippen LogP contribution >= 0.6 is 34.3 Å². The van der Waals surface area contributed by atoms with Crippen LogP contribution in [0.1, 0.15) is 40.6 Å². The topological polar surface area (TPSA) is 66.4 Å². The van der Waals surface area contributed by atoms with Crippen LogP contribution in [0.3, 0.4) is 0 Å². The molecule has 4 rings (SSSR count). The molecule has 0 aliphatic rings. The van der Waals surface area contributed by atoms with E-state index in [0.29, 0.717) is 31.6 Å². The van der Waals surface area contributed by atoms with Gasteiger partial charge < -0.3 is 5.32 Å². The molecular weight excluding hydrogens is 460 g/mol. The quantitative estimate of drug-likeness (QED) is 0.214. The maximum absolute atomic E-state index is 12.6. The number of anilines is 2. The number of benzene rings is 2. The second-order valence-electron chi connectivity index (χ2n) is 7.33. The Hall–Kier alpha value is -3.00. The molecule has 2 aromatic heterocycles. The van der Waals surface area contributed by atoms with E-state index in [1.165, 1.54) is 28.2 Å². The Bertz CT molecular complexity index is 1210. The second-order valence-corrected chi connectivity index (χ2v) is 9.71. The van der Waals surface area contributed by atoms with Crippen molar-refractivity contribution in [2.24, 2.45) is 5.10 Å². The lowest BCUT2D eigenvalue weighted by molar-refractivity contribution is 0.103. The fourth-order valence-electron chi connectivity index (χ4n) is 2.96. The fraction of sp³-hybridized carbons (Fsp3) is 0.125. The Kier molecular flexibility index (Phi) is 6.99. The van der Waals surface area contributed by atoms with Crippen molar-refractivity contribution in [3.63, 3.8) is 0 Å². The summed E-state index contributed by atoms with van der Waals surface area (Å²) in [7, 11) is 0. The van der Waals surface area contributed by atoms with Crippen molar-refractivity contribution in [1.29, 1.82) is 0 Å². The van der Waals surface area contributed by atoms with Crippen LogP contribution in [0.5, 0.6) is 0 Å². The predicted molar refractivity (Wildman–Crippen MR) is 137 cm³/mol. The van der Waals surface area contributed by atoms with E-state index in [-0.39, 0.29) is 5.91 Å². The van der Waals surface area contributed by atoms with Crippen LogP contribution in [-0.2, 0) is 0 Å². The van der Waals surface area contributed by atoms with Gasteiger partial charge in [0.25, 0.3) is 5.91 Å². The van der Waals surface area contributed by atoms with Gasteiger partial charge >= 0.3 is 0 Å². The number of carbonyl (C=O) groups is 1. The number of hydrogen-bond donors (Lipinski definition) is 2. The molecule has 0 fully saturated rings. The Morgan fingerprint density at radius 2 is 1.84 bits per heavy atom. The number of halogens is 1. The number of amides is 1. The zero-order chi connectivity index (χ0) is 22.5. The van der Waals surface area contributed by atoms with Crippen molar-refractivity contribution in [3.05, 3.63) is 87.1 Å². The minimum atomic E-state index is -0.167. The maximum atomic E-state index is 12.6. The number of aromatic nitrogens is 1. The first-order valence-corrected chi connectivity index (χ1v) is 12.1. The number of carbonyl (C=O) groups excluding carboxylic acids is 1. The summed E-state index contributed by atoms with van der Waals surface area (Å²) in [6.07, 6.45) is 1.75. The molecule has 0 bridgehead atoms. The standard InChI is InChI=1S/C24H21ClN4OS2/c1-15(2)17-7-5-16(6-8-17)14-26-29-24-27-21(18-9-11-19(25)12-10-18)23(32-24)28-22(30)20-4-3-13-31-20/h3-15H,1-2H3,(H,27,29)(H,28,30). The van der Waals surface area contributed by atoms with Crippen molar-refractivity contribution >= 4 is 56.5 Å². The number of hydrazone groups is 1. The van der Waals surface area contributed by atoms with Crippen molar-refractivity contribution in [2.45, 2.75) is 19.8 Å². The Labute approximate surface area is 199 Å². The summed E-state index contributed by atoms with van der Waals surface area (Å²) in [4.78, 5) is 17.9. The summed E-state index contributed by atoms with van der Waals surface area (Å²) in [5, 5.41) is 11.0. The van der Waals surface area contributed by atoms with Crippen LogP contribution < -0.4 is 10.7 Å². The van der Waals surface area contributed by atoms with Gasteiger partial charge in [0.2, 0.25) is 5.13 Å². The van der Waals surface area contributed by atoms with E-state index < -0.39 is 0 Å². The predicted octanol–water partition coefficient (Wildman–Crippen LogP) is 7.35. The summed E-state index contributed by atoms with van der Waals surface area (Å²) in [6, 6.07) is 19.3. The van der Waals surface area contributed by atoms with Gasteiger partial charge in [-0.15, -0.1) is 11.3 Å². The van der Waals surface area contributed by atoms with Gasteiger partial charge in [0.15, 0.2) is 0 Å². The fourth-order valence-corrected chi connectivity index (χ4v) is 4.54. The number of nitrogens with zero attached hydrogens (tertiary/aromatic N) is 2. The molecule has 2 heterocycles. The zero-order valence-corrected chi connectivity index (χ0v) is 19.9. The van der Waals surface area contributed by atoms with Crippen molar-refractivity contribution < 1.29 is 4.79 Å². The molecule has 0 radical (unpaired) electrons. The van der Waals surface area contributed by atoms with Gasteiger partial charge in [-0.1, -0.05) is 79.2 Å². The lowest BCUT2D eigenvalue weighted by Crippen LogP contribution is -2.09. The maximum Gasteiger partial charge on any atom is 0.266 e. The van der Waals surface area contributed by atoms with E-state index >= 15 is 0 Å². The lowest BCUT2D eigenvalue weighted by Gasteiger charge is -2.04. The molecule has 1 amide bonds. The summed E-state index contributed by atoms with van der Waals surface area (Å²) >= 11 is 8.75. The van der Waals surface area contributed by atoms with Crippen LogP contribution in [0, 0.1) is 0 Å². The molecule has 2 aromatic carbocycles. The average Bonchev–Trinajstić information content (AvgIpc) is 3.45. The first-order valence-electron chi connectivity index (χ1n) is 10.0. The molecule has 162 valence electrons. The molecule has 0 unspecified atom stereocenters. The van der Waals surface area contributed by atoms with Gasteiger partial charge in [0, 0.05) is 10.6 Å². The van der Waals surface area contributed by atoms with E-state index in [2.05, 4.69) is 46.8 Å². The highest BCUT2D eigenvalue weighted by atomic mass is 35.5. The monoisotopic (exact) mass is 480 g/mol. The van der Waals surface area contributed by atoms with Crippen molar-refractivity contribution in [3.8, 4) is 11.3 Å². The van der Waals surface area contributed by atoms with Crippen LogP contribution in [-0.4, -0.2) is 17.1 Å². The number of thiazole rings is 1. The number of hydrogen-bond acceptors (Lipinski definition) is 6. The van der Waals surface area contributed by atoms with Crippen molar-refractivity contribution in [1.82, 2.24) is 4.98 Å². The van der Waals surface area contributed by atoms with Gasteiger partial charge in [0.1, 0.15) is 10.7 Å². The molecule has 32 heavy (non-hydrogen) atoms. The highest BCUT2D eigenvalue weighted by Crippen LogP contribution is 2.36. The molecule has 0 aliphatic heterocycles. The minimum absolute atomic E-state index is 0.167. The third-order valence-electron chi connectivity index (χ3n) is 4.69. The summed E-state index contributed by atoms with van der Waals surface area (Å²) < 4.78 is 0. The molecule has 4 aromatic rings. The van der Waals surface area contributed by atoms with Crippen LogP contribution in [0.2, 0.25) is 5.02 Å². The van der Waals surface area contributed by atoms with Crippen molar-refractivity contribution in [2.75, 3.05) is 10.7 Å². The number of nitrogens with one attached hydrogen (secondary N) is 2. The highest BCUT2D eigenvalue weighted by molar-refractivity contribution is 7.20. The molecule has 5 nitrogen and oxygen atoms in total. The first-order chi connectivity index (χ1) is 15.5. The molecule has 0 saturated heterocycles. The van der Waals surface area contributed by atoms with Gasteiger partial charge in [0.05, 0.1) is 11.1 Å². The highest BCUT2D eigenvalue weighted by Gasteiger charge is 2.17. The van der Waals surface area contributed by atoms with E-state index in [9.17, 15) is 4.79 Å². The van der Waals surface area contributed by atoms with Crippen LogP contribution in [0.15, 0.2) is 71.1 Å². The number of thiophene rings is 1. The largest absolute Gasteiger partial charge is 0.311 e. The SMILES string of the molecule is CC(C)c1ccc(C=NNc2nc(-c3ccc(Cl)cc3)c(NC(=O)c3cccs3)s2)cc1. The second kappa shape index (κ2) is 10.1. The molecule has 2 N–H and O–H groups in total. The van der Waals surface area contributed by atoms with Crippen LogP contribution in [0.25, 0.3) is 11.3 Å². The summed E-state index contributed by atoms with van der Waals surface area (Å²) in [5.74, 6) is 0.322. The molecule has 0 atom stereocenters. The third-order valence-corrected chi connectivity index (χ3v) is 6.69. The van der Waals surface area contributed by atoms with E-state index in [4.69, 9.17) is 11.6 Å².